The Bertz CT molecular complexity index is 518. The van der Waals surface area contributed by atoms with Crippen molar-refractivity contribution in [3.05, 3.63) is 41.7 Å². The second kappa shape index (κ2) is 5.65. The molecule has 0 saturated heterocycles. The first kappa shape index (κ1) is 14.9. The SMILES string of the molecule is C/C(=C\C(=O)NC(C)(C)C(=O)O)c1ccc(F)cc1. The predicted octanol–water partition coefficient (Wildman–Crippen LogP) is 2.21. The van der Waals surface area contributed by atoms with Gasteiger partial charge in [0, 0.05) is 6.08 Å². The average Bonchev–Trinajstić information content (AvgIpc) is 2.28. The summed E-state index contributed by atoms with van der Waals surface area (Å²) in [6, 6.07) is 5.70. The van der Waals surface area contributed by atoms with E-state index in [4.69, 9.17) is 5.11 Å². The lowest BCUT2D eigenvalue weighted by Gasteiger charge is -2.20. The first-order chi connectivity index (χ1) is 8.72. The Morgan fingerprint density at radius 2 is 1.79 bits per heavy atom. The fraction of sp³-hybridized carbons (Fsp3) is 0.286. The standard InChI is InChI=1S/C14H16FNO3/c1-9(10-4-6-11(15)7-5-10)8-12(17)16-14(2,3)13(18)19/h4-8H,1-3H3,(H,16,17)(H,18,19)/b9-8+. The van der Waals surface area contributed by atoms with Crippen molar-refractivity contribution in [2.24, 2.45) is 0 Å². The minimum absolute atomic E-state index is 0.354. The van der Waals surface area contributed by atoms with Crippen molar-refractivity contribution in [1.82, 2.24) is 5.32 Å². The number of hydrogen-bond donors (Lipinski definition) is 2. The third-order valence-corrected chi connectivity index (χ3v) is 2.62. The Morgan fingerprint density at radius 1 is 1.26 bits per heavy atom. The molecular weight excluding hydrogens is 249 g/mol. The van der Waals surface area contributed by atoms with Crippen molar-refractivity contribution < 1.29 is 19.1 Å². The third-order valence-electron chi connectivity index (χ3n) is 2.62. The number of rotatable bonds is 4. The Labute approximate surface area is 110 Å². The lowest BCUT2D eigenvalue weighted by molar-refractivity contribution is -0.145. The van der Waals surface area contributed by atoms with Gasteiger partial charge in [0.2, 0.25) is 5.91 Å². The molecule has 0 heterocycles. The van der Waals surface area contributed by atoms with Crippen LogP contribution < -0.4 is 5.32 Å². The van der Waals surface area contributed by atoms with Crippen LogP contribution in [0.2, 0.25) is 0 Å². The minimum Gasteiger partial charge on any atom is -0.480 e. The van der Waals surface area contributed by atoms with Crippen LogP contribution >= 0.6 is 0 Å². The maximum absolute atomic E-state index is 12.8. The van der Waals surface area contributed by atoms with Crippen LogP contribution in [0.3, 0.4) is 0 Å². The molecule has 1 aromatic rings. The van der Waals surface area contributed by atoms with Crippen LogP contribution in [-0.4, -0.2) is 22.5 Å². The number of carboxylic acid groups (broad SMARTS) is 1. The molecule has 0 fully saturated rings. The number of nitrogens with one attached hydrogen (secondary N) is 1. The molecule has 0 aliphatic heterocycles. The fourth-order valence-corrected chi connectivity index (χ4v) is 1.39. The number of allylic oxidation sites excluding steroid dienone is 1. The van der Waals surface area contributed by atoms with Crippen LogP contribution in [0, 0.1) is 5.82 Å². The van der Waals surface area contributed by atoms with Crippen molar-refractivity contribution in [3.8, 4) is 0 Å². The Hall–Kier alpha value is -2.17. The highest BCUT2D eigenvalue weighted by atomic mass is 19.1. The Balaban J connectivity index is 2.82. The first-order valence-electron chi connectivity index (χ1n) is 5.72. The van der Waals surface area contributed by atoms with E-state index in [1.165, 1.54) is 32.1 Å². The van der Waals surface area contributed by atoms with Crippen molar-refractivity contribution in [1.29, 1.82) is 0 Å². The molecule has 4 nitrogen and oxygen atoms in total. The monoisotopic (exact) mass is 265 g/mol. The number of halogens is 1. The lowest BCUT2D eigenvalue weighted by Crippen LogP contribution is -2.49. The number of amides is 1. The highest BCUT2D eigenvalue weighted by Gasteiger charge is 2.28. The molecule has 0 bridgehead atoms. The fourth-order valence-electron chi connectivity index (χ4n) is 1.39. The van der Waals surface area contributed by atoms with E-state index in [-0.39, 0.29) is 5.82 Å². The largest absolute Gasteiger partial charge is 0.480 e. The molecule has 1 aromatic carbocycles. The molecule has 2 N–H and O–H groups in total. The smallest absolute Gasteiger partial charge is 0.328 e. The normalized spacial score (nSPS) is 12.1. The van der Waals surface area contributed by atoms with Crippen molar-refractivity contribution >= 4 is 17.4 Å². The van der Waals surface area contributed by atoms with Gasteiger partial charge in [0.05, 0.1) is 0 Å². The summed E-state index contributed by atoms with van der Waals surface area (Å²) < 4.78 is 12.8. The summed E-state index contributed by atoms with van der Waals surface area (Å²) in [5.41, 5.74) is -0.0141. The second-order valence-electron chi connectivity index (χ2n) is 4.75. The molecule has 0 aliphatic rings. The van der Waals surface area contributed by atoms with Crippen LogP contribution in [0.1, 0.15) is 26.3 Å². The van der Waals surface area contributed by atoms with E-state index in [1.54, 1.807) is 19.1 Å². The van der Waals surface area contributed by atoms with E-state index in [2.05, 4.69) is 5.32 Å². The average molecular weight is 265 g/mol. The van der Waals surface area contributed by atoms with Gasteiger partial charge in [-0.15, -0.1) is 0 Å². The highest BCUT2D eigenvalue weighted by molar-refractivity contribution is 5.97. The molecule has 0 aliphatic carbocycles. The molecule has 0 atom stereocenters. The number of carboxylic acids is 1. The van der Waals surface area contributed by atoms with Crippen molar-refractivity contribution in [3.63, 3.8) is 0 Å². The Kier molecular flexibility index (Phi) is 4.43. The van der Waals surface area contributed by atoms with Gasteiger partial charge in [-0.1, -0.05) is 12.1 Å². The molecule has 5 heteroatoms. The lowest BCUT2D eigenvalue weighted by atomic mass is 10.0. The van der Waals surface area contributed by atoms with E-state index in [0.717, 1.165) is 0 Å². The van der Waals surface area contributed by atoms with Crippen LogP contribution in [-0.2, 0) is 9.59 Å². The van der Waals surface area contributed by atoms with E-state index in [0.29, 0.717) is 11.1 Å². The number of benzene rings is 1. The number of hydrogen-bond acceptors (Lipinski definition) is 2. The van der Waals surface area contributed by atoms with Gasteiger partial charge in [-0.25, -0.2) is 9.18 Å². The number of carbonyl (C=O) groups excluding carboxylic acids is 1. The van der Waals surface area contributed by atoms with Crippen LogP contribution in [0.4, 0.5) is 4.39 Å². The van der Waals surface area contributed by atoms with E-state index in [1.807, 2.05) is 0 Å². The van der Waals surface area contributed by atoms with Gasteiger partial charge < -0.3 is 10.4 Å². The molecule has 102 valence electrons. The van der Waals surface area contributed by atoms with Gasteiger partial charge in [0.15, 0.2) is 0 Å². The summed E-state index contributed by atoms with van der Waals surface area (Å²) in [5, 5.41) is 11.3. The predicted molar refractivity (Wildman–Crippen MR) is 69.9 cm³/mol. The molecular formula is C14H16FNO3. The molecule has 0 spiro atoms. The zero-order valence-electron chi connectivity index (χ0n) is 11.0. The van der Waals surface area contributed by atoms with Crippen molar-refractivity contribution in [2.45, 2.75) is 26.3 Å². The van der Waals surface area contributed by atoms with Gasteiger partial charge >= 0.3 is 5.97 Å². The summed E-state index contributed by atoms with van der Waals surface area (Å²) in [4.78, 5) is 22.6. The van der Waals surface area contributed by atoms with Gasteiger partial charge in [-0.3, -0.25) is 4.79 Å². The maximum Gasteiger partial charge on any atom is 0.328 e. The summed E-state index contributed by atoms with van der Waals surface area (Å²) in [6.45, 7) is 4.49. The quantitative estimate of drug-likeness (QED) is 0.820. The van der Waals surface area contributed by atoms with Crippen LogP contribution in [0.15, 0.2) is 30.3 Å². The summed E-state index contributed by atoms with van der Waals surface area (Å²) in [5.74, 6) is -1.98. The van der Waals surface area contributed by atoms with Gasteiger partial charge in [-0.05, 0) is 44.0 Å². The van der Waals surface area contributed by atoms with Gasteiger partial charge in [0.1, 0.15) is 11.4 Å². The molecule has 1 rings (SSSR count). The van der Waals surface area contributed by atoms with E-state index >= 15 is 0 Å². The molecule has 0 unspecified atom stereocenters. The van der Waals surface area contributed by atoms with Crippen LogP contribution in [0.5, 0.6) is 0 Å². The zero-order chi connectivity index (χ0) is 14.6. The summed E-state index contributed by atoms with van der Waals surface area (Å²) in [7, 11) is 0. The molecule has 19 heavy (non-hydrogen) atoms. The topological polar surface area (TPSA) is 66.4 Å². The van der Waals surface area contributed by atoms with Gasteiger partial charge in [-0.2, -0.15) is 0 Å². The minimum atomic E-state index is -1.34. The second-order valence-corrected chi connectivity index (χ2v) is 4.75. The third kappa shape index (κ3) is 4.21. The summed E-state index contributed by atoms with van der Waals surface area (Å²) in [6.07, 6.45) is 1.29. The Morgan fingerprint density at radius 3 is 2.26 bits per heavy atom. The first-order valence-corrected chi connectivity index (χ1v) is 5.72. The molecule has 0 radical (unpaired) electrons. The number of carbonyl (C=O) groups is 2. The van der Waals surface area contributed by atoms with E-state index in [9.17, 15) is 14.0 Å². The maximum atomic E-state index is 12.8. The zero-order valence-corrected chi connectivity index (χ0v) is 11.0. The summed E-state index contributed by atoms with van der Waals surface area (Å²) >= 11 is 0. The number of aliphatic carboxylic acids is 1. The van der Waals surface area contributed by atoms with Crippen LogP contribution in [0.25, 0.3) is 5.57 Å². The molecule has 0 aromatic heterocycles. The van der Waals surface area contributed by atoms with E-state index < -0.39 is 17.4 Å². The molecule has 1 amide bonds. The molecule has 0 saturated carbocycles. The highest BCUT2D eigenvalue weighted by Crippen LogP contribution is 2.14. The van der Waals surface area contributed by atoms with Gasteiger partial charge in [0.25, 0.3) is 0 Å². The van der Waals surface area contributed by atoms with Crippen molar-refractivity contribution in [2.75, 3.05) is 0 Å².